The Morgan fingerprint density at radius 2 is 1.92 bits per heavy atom. The molecule has 2 aliphatic rings. The standard InChI is InChI=1S/C32H39N7/c1-4-22(19-23-9-7-6-8-10-23)20-24(5-2)26-11-12-27-30(34-26)31(37-36-27)28-21-25-29(13-14-33-32(25)35-28)39-17-15-38(3)16-18-39/h4-5,11-14,20-21,23H,1,6-10,15-19H2,2-3H3,(H,33,35)(H,36,37)/b22-20+,24-5+. The van der Waals surface area contributed by atoms with E-state index in [-0.39, 0.29) is 0 Å². The van der Waals surface area contributed by atoms with E-state index >= 15 is 0 Å². The number of nitrogens with one attached hydrogen (secondary N) is 2. The highest BCUT2D eigenvalue weighted by atomic mass is 15.2. The highest BCUT2D eigenvalue weighted by Crippen LogP contribution is 2.34. The van der Waals surface area contributed by atoms with Crippen molar-refractivity contribution < 1.29 is 0 Å². The second kappa shape index (κ2) is 11.2. The van der Waals surface area contributed by atoms with Gasteiger partial charge in [-0.1, -0.05) is 50.8 Å². The quantitative estimate of drug-likeness (QED) is 0.263. The van der Waals surface area contributed by atoms with Gasteiger partial charge in [0.1, 0.15) is 16.9 Å². The Morgan fingerprint density at radius 1 is 1.10 bits per heavy atom. The Hall–Kier alpha value is -3.71. The Balaban J connectivity index is 1.32. The molecule has 1 aliphatic carbocycles. The van der Waals surface area contributed by atoms with Gasteiger partial charge in [-0.2, -0.15) is 5.10 Å². The van der Waals surface area contributed by atoms with Crippen molar-refractivity contribution in [2.45, 2.75) is 45.4 Å². The van der Waals surface area contributed by atoms with Crippen molar-refractivity contribution in [1.82, 2.24) is 30.0 Å². The molecule has 0 amide bonds. The number of piperazine rings is 1. The molecule has 1 saturated carbocycles. The van der Waals surface area contributed by atoms with Crippen molar-refractivity contribution in [3.63, 3.8) is 0 Å². The summed E-state index contributed by atoms with van der Waals surface area (Å²) in [5, 5.41) is 8.98. The number of fused-ring (bicyclic) bond motifs is 2. The van der Waals surface area contributed by atoms with Crippen molar-refractivity contribution in [1.29, 1.82) is 0 Å². The molecule has 0 spiro atoms. The number of aromatic amines is 2. The summed E-state index contributed by atoms with van der Waals surface area (Å²) >= 11 is 0. The highest BCUT2D eigenvalue weighted by molar-refractivity contribution is 5.97. The second-order valence-corrected chi connectivity index (χ2v) is 11.1. The van der Waals surface area contributed by atoms with Crippen LogP contribution in [0.2, 0.25) is 0 Å². The number of aromatic nitrogens is 5. The number of nitrogens with zero attached hydrogens (tertiary/aromatic N) is 5. The summed E-state index contributed by atoms with van der Waals surface area (Å²) in [5.74, 6) is 0.767. The monoisotopic (exact) mass is 521 g/mol. The molecule has 202 valence electrons. The van der Waals surface area contributed by atoms with E-state index in [0.717, 1.165) is 83.2 Å². The zero-order valence-corrected chi connectivity index (χ0v) is 23.2. The van der Waals surface area contributed by atoms with E-state index in [1.807, 2.05) is 12.3 Å². The van der Waals surface area contributed by atoms with Gasteiger partial charge >= 0.3 is 0 Å². The topological polar surface area (TPSA) is 76.7 Å². The average molecular weight is 522 g/mol. The van der Waals surface area contributed by atoms with Gasteiger partial charge in [0, 0.05) is 43.4 Å². The van der Waals surface area contributed by atoms with Crippen molar-refractivity contribution >= 4 is 33.3 Å². The summed E-state index contributed by atoms with van der Waals surface area (Å²) < 4.78 is 0. The molecular formula is C32H39N7. The number of rotatable bonds is 7. The smallest absolute Gasteiger partial charge is 0.139 e. The minimum Gasteiger partial charge on any atom is -0.368 e. The summed E-state index contributed by atoms with van der Waals surface area (Å²) in [4.78, 5) is 18.1. The molecule has 2 fully saturated rings. The molecular weight excluding hydrogens is 482 g/mol. The second-order valence-electron chi connectivity index (χ2n) is 11.1. The maximum absolute atomic E-state index is 5.11. The number of allylic oxidation sites excluding steroid dienone is 5. The Labute approximate surface area is 230 Å². The van der Waals surface area contributed by atoms with Crippen molar-refractivity contribution in [2.24, 2.45) is 5.92 Å². The molecule has 6 rings (SSSR count). The molecule has 7 nitrogen and oxygen atoms in total. The zero-order valence-electron chi connectivity index (χ0n) is 23.2. The molecule has 39 heavy (non-hydrogen) atoms. The molecule has 1 saturated heterocycles. The van der Waals surface area contributed by atoms with Gasteiger partial charge in [-0.25, -0.2) is 9.97 Å². The van der Waals surface area contributed by atoms with Crippen LogP contribution in [-0.2, 0) is 0 Å². The number of pyridine rings is 2. The maximum Gasteiger partial charge on any atom is 0.139 e. The van der Waals surface area contributed by atoms with E-state index in [0.29, 0.717) is 0 Å². The molecule has 5 heterocycles. The van der Waals surface area contributed by atoms with Crippen LogP contribution in [0.5, 0.6) is 0 Å². The third kappa shape index (κ3) is 5.28. The highest BCUT2D eigenvalue weighted by Gasteiger charge is 2.20. The number of anilines is 1. The zero-order chi connectivity index (χ0) is 26.8. The number of likely N-dealkylation sites (N-methyl/N-ethyl adjacent to an activating group) is 1. The van der Waals surface area contributed by atoms with Gasteiger partial charge in [-0.15, -0.1) is 0 Å². The van der Waals surface area contributed by atoms with Crippen LogP contribution in [0.4, 0.5) is 5.69 Å². The van der Waals surface area contributed by atoms with E-state index in [9.17, 15) is 0 Å². The van der Waals surface area contributed by atoms with Crippen LogP contribution >= 0.6 is 0 Å². The molecule has 0 unspecified atom stereocenters. The number of H-pyrrole nitrogens is 2. The van der Waals surface area contributed by atoms with Crippen LogP contribution in [0.15, 0.2) is 60.8 Å². The van der Waals surface area contributed by atoms with Gasteiger partial charge < -0.3 is 14.8 Å². The van der Waals surface area contributed by atoms with Gasteiger partial charge in [0.05, 0.1) is 16.9 Å². The predicted molar refractivity (Wildman–Crippen MR) is 162 cm³/mol. The molecule has 7 heteroatoms. The SMILES string of the molecule is C=C/C(=C\C(=C/C)c1ccc2[nH]nc(-c3cc4c(N5CCN(C)CC5)ccnc4[nH]3)c2n1)CC1CCCCC1. The molecule has 4 aromatic heterocycles. The van der Waals surface area contributed by atoms with Crippen molar-refractivity contribution in [3.05, 3.63) is 66.5 Å². The molecule has 0 radical (unpaired) electrons. The molecule has 4 aromatic rings. The maximum atomic E-state index is 5.11. The minimum absolute atomic E-state index is 0.767. The lowest BCUT2D eigenvalue weighted by atomic mass is 9.84. The molecule has 2 N–H and O–H groups in total. The molecule has 0 atom stereocenters. The fourth-order valence-electron chi connectivity index (χ4n) is 6.14. The predicted octanol–water partition coefficient (Wildman–Crippen LogP) is 6.74. The third-order valence-corrected chi connectivity index (χ3v) is 8.47. The van der Waals surface area contributed by atoms with Gasteiger partial charge in [-0.05, 0) is 67.8 Å². The number of hydrogen-bond acceptors (Lipinski definition) is 5. The van der Waals surface area contributed by atoms with Gasteiger partial charge in [-0.3, -0.25) is 5.10 Å². The Kier molecular flexibility index (Phi) is 7.33. The first-order valence-corrected chi connectivity index (χ1v) is 14.4. The van der Waals surface area contributed by atoms with Crippen molar-refractivity contribution in [3.8, 4) is 11.4 Å². The summed E-state index contributed by atoms with van der Waals surface area (Å²) in [5.41, 5.74) is 8.99. The van der Waals surface area contributed by atoms with Crippen LogP contribution in [0, 0.1) is 5.92 Å². The van der Waals surface area contributed by atoms with Gasteiger partial charge in [0.15, 0.2) is 0 Å². The van der Waals surface area contributed by atoms with E-state index in [2.05, 4.69) is 86.9 Å². The normalized spacial score (nSPS) is 18.4. The van der Waals surface area contributed by atoms with E-state index in [4.69, 9.17) is 4.98 Å². The lowest BCUT2D eigenvalue weighted by Crippen LogP contribution is -2.44. The van der Waals surface area contributed by atoms with Crippen LogP contribution in [0.1, 0.15) is 51.1 Å². The lowest BCUT2D eigenvalue weighted by molar-refractivity contribution is 0.313. The van der Waals surface area contributed by atoms with E-state index in [1.54, 1.807) is 0 Å². The first-order chi connectivity index (χ1) is 19.1. The molecule has 1 aliphatic heterocycles. The largest absolute Gasteiger partial charge is 0.368 e. The van der Waals surface area contributed by atoms with E-state index < -0.39 is 0 Å². The molecule has 0 bridgehead atoms. The van der Waals surface area contributed by atoms with Crippen LogP contribution in [-0.4, -0.2) is 63.3 Å². The summed E-state index contributed by atoms with van der Waals surface area (Å²) in [6.45, 7) is 10.4. The fraction of sp³-hybridized carbons (Fsp3) is 0.406. The van der Waals surface area contributed by atoms with E-state index in [1.165, 1.54) is 43.4 Å². The first kappa shape index (κ1) is 25.6. The van der Waals surface area contributed by atoms with Crippen LogP contribution in [0.3, 0.4) is 0 Å². The third-order valence-electron chi connectivity index (χ3n) is 8.47. The molecule has 0 aromatic carbocycles. The fourth-order valence-corrected chi connectivity index (χ4v) is 6.14. The minimum atomic E-state index is 0.767. The summed E-state index contributed by atoms with van der Waals surface area (Å²) in [7, 11) is 2.18. The van der Waals surface area contributed by atoms with Gasteiger partial charge in [0.25, 0.3) is 0 Å². The van der Waals surface area contributed by atoms with Crippen LogP contribution in [0.25, 0.3) is 39.0 Å². The Bertz CT molecular complexity index is 1520. The summed E-state index contributed by atoms with van der Waals surface area (Å²) in [6, 6.07) is 8.46. The Morgan fingerprint density at radius 3 is 2.69 bits per heavy atom. The van der Waals surface area contributed by atoms with Crippen molar-refractivity contribution in [2.75, 3.05) is 38.1 Å². The number of hydrogen-bond donors (Lipinski definition) is 2. The summed E-state index contributed by atoms with van der Waals surface area (Å²) in [6.07, 6.45) is 16.2. The average Bonchev–Trinajstić information content (AvgIpc) is 3.60. The first-order valence-electron chi connectivity index (χ1n) is 14.4. The van der Waals surface area contributed by atoms with Gasteiger partial charge in [0.2, 0.25) is 0 Å². The lowest BCUT2D eigenvalue weighted by Gasteiger charge is -2.34. The van der Waals surface area contributed by atoms with Crippen LogP contribution < -0.4 is 4.90 Å².